The minimum absolute atomic E-state index is 0.0506. The number of rotatable bonds is 2. The number of hydrogen-bond donors (Lipinski definition) is 1. The van der Waals surface area contributed by atoms with E-state index in [1.54, 1.807) is 6.07 Å². The van der Waals surface area contributed by atoms with Gasteiger partial charge in [0.05, 0.1) is 21.3 Å². The number of urea groups is 1. The molecule has 0 saturated heterocycles. The molecule has 8 heteroatoms. The van der Waals surface area contributed by atoms with E-state index >= 15 is 0 Å². The van der Waals surface area contributed by atoms with Crippen molar-refractivity contribution in [2.24, 2.45) is 0 Å². The summed E-state index contributed by atoms with van der Waals surface area (Å²) in [5.74, 6) is -0.905. The zero-order valence-corrected chi connectivity index (χ0v) is 13.1. The number of halogens is 4. The topological polar surface area (TPSA) is 49.4 Å². The van der Waals surface area contributed by atoms with Crippen molar-refractivity contribution in [3.63, 3.8) is 0 Å². The molecule has 0 heterocycles. The molecule has 0 aliphatic heterocycles. The normalized spacial score (nSPS) is 10.2. The lowest BCUT2D eigenvalue weighted by molar-refractivity contribution is 0.0963. The molecule has 2 rings (SSSR count). The van der Waals surface area contributed by atoms with E-state index in [-0.39, 0.29) is 26.4 Å². The van der Waals surface area contributed by atoms with Crippen LogP contribution in [0.4, 0.5) is 15.0 Å². The monoisotopic (exact) mass is 360 g/mol. The molecule has 0 radical (unpaired) electrons. The third-order valence-electron chi connectivity index (χ3n) is 2.64. The Kier molecular flexibility index (Phi) is 5.24. The minimum atomic E-state index is -1.27. The highest BCUT2D eigenvalue weighted by Crippen LogP contribution is 2.24. The average Bonchev–Trinajstić information content (AvgIpc) is 2.47. The molecule has 0 aliphatic rings. The van der Waals surface area contributed by atoms with Gasteiger partial charge in [0.25, 0.3) is 5.91 Å². The Morgan fingerprint density at radius 1 is 0.955 bits per heavy atom. The maximum atomic E-state index is 13.9. The molecule has 3 amide bonds. The SMILES string of the molecule is O=C(NC(=O)N(F)c1ccc(Cl)cc1)c1c(Cl)cccc1Cl. The van der Waals surface area contributed by atoms with Gasteiger partial charge in [-0.3, -0.25) is 10.1 Å². The average molecular weight is 362 g/mol. The van der Waals surface area contributed by atoms with Crippen molar-refractivity contribution in [1.29, 1.82) is 0 Å². The van der Waals surface area contributed by atoms with Gasteiger partial charge in [-0.2, -0.15) is 0 Å². The van der Waals surface area contributed by atoms with Crippen molar-refractivity contribution in [1.82, 2.24) is 5.32 Å². The molecule has 0 aliphatic carbocycles. The number of nitrogens with zero attached hydrogens (tertiary/aromatic N) is 1. The second-order valence-electron chi connectivity index (χ2n) is 4.11. The predicted octanol–water partition coefficient (Wildman–Crippen LogP) is 4.89. The summed E-state index contributed by atoms with van der Waals surface area (Å²) in [4.78, 5) is 23.7. The van der Waals surface area contributed by atoms with Crippen molar-refractivity contribution in [2.45, 2.75) is 0 Å². The molecular formula is C14H8Cl3FN2O2. The highest BCUT2D eigenvalue weighted by molar-refractivity contribution is 6.40. The van der Waals surface area contributed by atoms with Gasteiger partial charge < -0.3 is 0 Å². The lowest BCUT2D eigenvalue weighted by Gasteiger charge is -2.13. The molecule has 114 valence electrons. The number of carbonyl (C=O) groups is 2. The number of hydrogen-bond acceptors (Lipinski definition) is 2. The molecule has 2 aromatic carbocycles. The van der Waals surface area contributed by atoms with E-state index in [2.05, 4.69) is 0 Å². The Balaban J connectivity index is 2.14. The molecule has 1 N–H and O–H groups in total. The van der Waals surface area contributed by atoms with Crippen LogP contribution < -0.4 is 10.4 Å². The molecule has 0 fully saturated rings. The van der Waals surface area contributed by atoms with Gasteiger partial charge in [0.2, 0.25) is 0 Å². The minimum Gasteiger partial charge on any atom is -0.271 e. The highest BCUT2D eigenvalue weighted by atomic mass is 35.5. The van der Waals surface area contributed by atoms with Crippen LogP contribution in [0.25, 0.3) is 0 Å². The molecule has 0 saturated carbocycles. The number of benzene rings is 2. The Labute approximate surface area is 140 Å². The van der Waals surface area contributed by atoms with E-state index in [0.29, 0.717) is 5.02 Å². The summed E-state index contributed by atoms with van der Waals surface area (Å²) in [6, 6.07) is 8.51. The van der Waals surface area contributed by atoms with Gasteiger partial charge in [-0.1, -0.05) is 45.4 Å². The maximum absolute atomic E-state index is 13.9. The van der Waals surface area contributed by atoms with E-state index in [4.69, 9.17) is 34.8 Å². The van der Waals surface area contributed by atoms with Crippen LogP contribution in [0.5, 0.6) is 0 Å². The number of imide groups is 1. The number of amides is 3. The van der Waals surface area contributed by atoms with Crippen LogP contribution in [0.15, 0.2) is 42.5 Å². The van der Waals surface area contributed by atoms with Gasteiger partial charge in [0.15, 0.2) is 0 Å². The predicted molar refractivity (Wildman–Crippen MR) is 84.4 cm³/mol. The third-order valence-corrected chi connectivity index (χ3v) is 3.52. The Hall–Kier alpha value is -1.82. The summed E-state index contributed by atoms with van der Waals surface area (Å²) in [5, 5.41) is 2.13. The molecule has 22 heavy (non-hydrogen) atoms. The number of anilines is 1. The summed E-state index contributed by atoms with van der Waals surface area (Å²) in [6.07, 6.45) is 0. The van der Waals surface area contributed by atoms with E-state index in [9.17, 15) is 14.1 Å². The fraction of sp³-hybridized carbons (Fsp3) is 0. The standard InChI is InChI=1S/C14H8Cl3FN2O2/c15-8-4-6-9(7-5-8)20(18)14(22)19-13(21)12-10(16)2-1-3-11(12)17/h1-7H,(H,19,21,22). The fourth-order valence-electron chi connectivity index (χ4n) is 1.61. The fourth-order valence-corrected chi connectivity index (χ4v) is 2.31. The van der Waals surface area contributed by atoms with E-state index in [1.807, 2.05) is 5.32 Å². The van der Waals surface area contributed by atoms with Crippen molar-refractivity contribution in [3.05, 3.63) is 63.1 Å². The van der Waals surface area contributed by atoms with E-state index in [0.717, 1.165) is 0 Å². The molecule has 0 unspecified atom stereocenters. The second-order valence-corrected chi connectivity index (χ2v) is 5.36. The highest BCUT2D eigenvalue weighted by Gasteiger charge is 2.21. The van der Waals surface area contributed by atoms with Crippen molar-refractivity contribution in [2.75, 3.05) is 5.12 Å². The van der Waals surface area contributed by atoms with Crippen LogP contribution in [0, 0.1) is 0 Å². The lowest BCUT2D eigenvalue weighted by atomic mass is 10.2. The second kappa shape index (κ2) is 6.96. The van der Waals surface area contributed by atoms with Crippen LogP contribution >= 0.6 is 34.8 Å². The molecule has 4 nitrogen and oxygen atoms in total. The Morgan fingerprint density at radius 2 is 1.50 bits per heavy atom. The molecule has 2 aromatic rings. The zero-order valence-electron chi connectivity index (χ0n) is 10.8. The van der Waals surface area contributed by atoms with E-state index in [1.165, 1.54) is 36.4 Å². The van der Waals surface area contributed by atoms with Crippen molar-refractivity contribution >= 4 is 52.4 Å². The van der Waals surface area contributed by atoms with E-state index < -0.39 is 11.9 Å². The van der Waals surface area contributed by atoms with Gasteiger partial charge in [-0.05, 0) is 36.4 Å². The molecular weight excluding hydrogens is 354 g/mol. The van der Waals surface area contributed by atoms with Gasteiger partial charge in [0.1, 0.15) is 0 Å². The smallest absolute Gasteiger partial charge is 0.271 e. The summed E-state index contributed by atoms with van der Waals surface area (Å²) in [6.45, 7) is 0. The maximum Gasteiger partial charge on any atom is 0.357 e. The first kappa shape index (κ1) is 16.5. The van der Waals surface area contributed by atoms with Gasteiger partial charge in [-0.15, -0.1) is 5.12 Å². The first-order valence-electron chi connectivity index (χ1n) is 5.91. The first-order valence-corrected chi connectivity index (χ1v) is 7.04. The van der Waals surface area contributed by atoms with Crippen LogP contribution in [0.1, 0.15) is 10.4 Å². The first-order chi connectivity index (χ1) is 10.4. The molecule has 0 atom stereocenters. The van der Waals surface area contributed by atoms with Crippen molar-refractivity contribution < 1.29 is 14.1 Å². The van der Waals surface area contributed by atoms with Gasteiger partial charge in [0, 0.05) is 5.02 Å². The van der Waals surface area contributed by atoms with Gasteiger partial charge in [-0.25, -0.2) is 4.79 Å². The van der Waals surface area contributed by atoms with Crippen molar-refractivity contribution in [3.8, 4) is 0 Å². The zero-order chi connectivity index (χ0) is 16.3. The summed E-state index contributed by atoms with van der Waals surface area (Å²) in [7, 11) is 0. The number of nitrogens with one attached hydrogen (secondary N) is 1. The van der Waals surface area contributed by atoms with Crippen LogP contribution in [-0.4, -0.2) is 11.9 Å². The lowest BCUT2D eigenvalue weighted by Crippen LogP contribution is -2.39. The summed E-state index contributed by atoms with van der Waals surface area (Å²) >= 11 is 17.4. The molecule has 0 aromatic heterocycles. The summed E-state index contributed by atoms with van der Waals surface area (Å²) in [5.41, 5.74) is -0.191. The number of carbonyl (C=O) groups excluding carboxylic acids is 2. The molecule has 0 spiro atoms. The third kappa shape index (κ3) is 3.68. The largest absolute Gasteiger partial charge is 0.357 e. The van der Waals surface area contributed by atoms with Crippen LogP contribution in [-0.2, 0) is 0 Å². The summed E-state index contributed by atoms with van der Waals surface area (Å²) < 4.78 is 13.9. The van der Waals surface area contributed by atoms with Gasteiger partial charge >= 0.3 is 6.03 Å². The quantitative estimate of drug-likeness (QED) is 0.774. The van der Waals surface area contributed by atoms with Crippen LogP contribution in [0.3, 0.4) is 0 Å². The Morgan fingerprint density at radius 3 is 2.05 bits per heavy atom. The Bertz CT molecular complexity index is 702. The van der Waals surface area contributed by atoms with Crippen LogP contribution in [0.2, 0.25) is 15.1 Å². The molecule has 0 bridgehead atoms.